The van der Waals surface area contributed by atoms with Gasteiger partial charge in [-0.2, -0.15) is 5.10 Å². The van der Waals surface area contributed by atoms with Gasteiger partial charge in [0.1, 0.15) is 0 Å². The number of amides is 1. The maximum absolute atomic E-state index is 12.6. The fraction of sp³-hybridized carbons (Fsp3) is 0.240. The Morgan fingerprint density at radius 3 is 2.66 bits per heavy atom. The summed E-state index contributed by atoms with van der Waals surface area (Å²) in [5.74, 6) is -0.396. The van der Waals surface area contributed by atoms with E-state index in [-0.39, 0.29) is 17.5 Å². The summed E-state index contributed by atoms with van der Waals surface area (Å²) in [5, 5.41) is 21.9. The van der Waals surface area contributed by atoms with E-state index in [1.807, 2.05) is 48.5 Å². The number of aryl methyl sites for hydroxylation is 1. The summed E-state index contributed by atoms with van der Waals surface area (Å²) in [6.45, 7) is 1.01. The topological polar surface area (TPSA) is 92.1 Å². The molecule has 0 unspecified atom stereocenters. The molecular formula is C25H25N5O2. The number of aromatic nitrogens is 3. The van der Waals surface area contributed by atoms with Crippen molar-refractivity contribution in [2.24, 2.45) is 0 Å². The number of nitrogens with one attached hydrogen (secondary N) is 2. The van der Waals surface area contributed by atoms with Crippen LogP contribution in [0.2, 0.25) is 0 Å². The second kappa shape index (κ2) is 8.70. The smallest absolute Gasteiger partial charge is 0.272 e. The van der Waals surface area contributed by atoms with Crippen LogP contribution in [0.5, 0.6) is 5.88 Å². The lowest BCUT2D eigenvalue weighted by Crippen LogP contribution is -2.29. The van der Waals surface area contributed by atoms with Crippen molar-refractivity contribution in [2.75, 3.05) is 18.4 Å². The lowest BCUT2D eigenvalue weighted by atomic mass is 9.92. The van der Waals surface area contributed by atoms with E-state index in [0.717, 1.165) is 29.4 Å². The largest absolute Gasteiger partial charge is 0.493 e. The van der Waals surface area contributed by atoms with E-state index in [1.54, 1.807) is 0 Å². The molecule has 0 bridgehead atoms. The van der Waals surface area contributed by atoms with Crippen molar-refractivity contribution in [3.8, 4) is 11.6 Å². The van der Waals surface area contributed by atoms with Crippen molar-refractivity contribution in [1.82, 2.24) is 20.1 Å². The van der Waals surface area contributed by atoms with Gasteiger partial charge in [-0.25, -0.2) is 4.68 Å². The van der Waals surface area contributed by atoms with Crippen molar-refractivity contribution >= 4 is 22.5 Å². The van der Waals surface area contributed by atoms with E-state index in [0.29, 0.717) is 18.8 Å². The number of hydrogen-bond donors (Lipinski definition) is 3. The Morgan fingerprint density at radius 1 is 1.00 bits per heavy atom. The van der Waals surface area contributed by atoms with Crippen LogP contribution >= 0.6 is 0 Å². The molecule has 0 saturated heterocycles. The quantitative estimate of drug-likeness (QED) is 0.407. The van der Waals surface area contributed by atoms with Crippen molar-refractivity contribution in [3.05, 3.63) is 77.6 Å². The van der Waals surface area contributed by atoms with Crippen LogP contribution < -0.4 is 10.6 Å². The van der Waals surface area contributed by atoms with Gasteiger partial charge in [0.05, 0.1) is 11.2 Å². The molecule has 2 aromatic carbocycles. The highest BCUT2D eigenvalue weighted by atomic mass is 16.3. The third-order valence-electron chi connectivity index (χ3n) is 5.81. The monoisotopic (exact) mass is 427 g/mol. The molecule has 0 saturated carbocycles. The predicted octanol–water partition coefficient (Wildman–Crippen LogP) is 3.85. The third kappa shape index (κ3) is 3.89. The summed E-state index contributed by atoms with van der Waals surface area (Å²) in [6.07, 6.45) is 4.39. The van der Waals surface area contributed by atoms with Gasteiger partial charge in [0.15, 0.2) is 5.69 Å². The summed E-state index contributed by atoms with van der Waals surface area (Å²) in [6, 6.07) is 18.8. The van der Waals surface area contributed by atoms with Crippen LogP contribution in [0.15, 0.2) is 60.7 Å². The van der Waals surface area contributed by atoms with Gasteiger partial charge < -0.3 is 15.7 Å². The lowest BCUT2D eigenvalue weighted by Gasteiger charge is -2.21. The molecule has 32 heavy (non-hydrogen) atoms. The highest BCUT2D eigenvalue weighted by Gasteiger charge is 2.18. The third-order valence-corrected chi connectivity index (χ3v) is 5.81. The first kappa shape index (κ1) is 20.1. The number of nitrogens with zero attached hydrogens (tertiary/aromatic N) is 3. The molecule has 1 aliphatic carbocycles. The summed E-state index contributed by atoms with van der Waals surface area (Å²) in [5.41, 5.74) is 5.49. The average Bonchev–Trinajstić information content (AvgIpc) is 3.23. The average molecular weight is 428 g/mol. The lowest BCUT2D eigenvalue weighted by molar-refractivity contribution is 0.0949. The number of carbonyl (C=O) groups is 1. The van der Waals surface area contributed by atoms with Gasteiger partial charge in [-0.3, -0.25) is 9.78 Å². The number of benzene rings is 2. The van der Waals surface area contributed by atoms with Crippen LogP contribution in [0.1, 0.15) is 34.6 Å². The molecule has 2 heterocycles. The molecule has 7 heteroatoms. The Balaban J connectivity index is 1.26. The molecular weight excluding hydrogens is 402 g/mol. The Labute approximate surface area is 186 Å². The molecule has 7 nitrogen and oxygen atoms in total. The van der Waals surface area contributed by atoms with Gasteiger partial charge in [0, 0.05) is 35.9 Å². The zero-order chi connectivity index (χ0) is 21.9. The highest BCUT2D eigenvalue weighted by molar-refractivity contribution is 5.94. The van der Waals surface area contributed by atoms with Gasteiger partial charge in [0.25, 0.3) is 5.91 Å². The Hall–Kier alpha value is -3.87. The van der Waals surface area contributed by atoms with Gasteiger partial charge >= 0.3 is 0 Å². The van der Waals surface area contributed by atoms with Gasteiger partial charge in [-0.15, -0.1) is 0 Å². The number of anilines is 1. The Bertz CT molecular complexity index is 1270. The summed E-state index contributed by atoms with van der Waals surface area (Å²) < 4.78 is 1.35. The number of para-hydroxylation sites is 2. The fourth-order valence-electron chi connectivity index (χ4n) is 4.27. The minimum atomic E-state index is -0.321. The number of pyridine rings is 1. The van der Waals surface area contributed by atoms with Gasteiger partial charge in [0.2, 0.25) is 5.88 Å². The molecule has 5 rings (SSSR count). The number of carbonyl (C=O) groups excluding carboxylic acids is 1. The van der Waals surface area contributed by atoms with Gasteiger partial charge in [-0.05, 0) is 49.4 Å². The molecule has 3 N–H and O–H groups in total. The molecule has 162 valence electrons. The Kier molecular flexibility index (Phi) is 5.46. The van der Waals surface area contributed by atoms with Crippen molar-refractivity contribution in [3.63, 3.8) is 0 Å². The highest BCUT2D eigenvalue weighted by Crippen LogP contribution is 2.33. The first-order chi connectivity index (χ1) is 15.7. The molecule has 2 aromatic heterocycles. The SMILES string of the molecule is O=C(NCCNc1c2c(nc3ccccc13)CCCC2)c1cc(O)n(-c2ccccc2)n1. The van der Waals surface area contributed by atoms with Crippen LogP contribution in [0.4, 0.5) is 5.69 Å². The molecule has 4 aromatic rings. The number of fused-ring (bicyclic) bond motifs is 2. The fourth-order valence-corrected chi connectivity index (χ4v) is 4.27. The summed E-state index contributed by atoms with van der Waals surface area (Å²) in [4.78, 5) is 17.4. The maximum Gasteiger partial charge on any atom is 0.272 e. The van der Waals surface area contributed by atoms with Crippen LogP contribution in [-0.4, -0.2) is 38.9 Å². The van der Waals surface area contributed by atoms with E-state index < -0.39 is 0 Å². The number of rotatable bonds is 6. The Morgan fingerprint density at radius 2 is 1.78 bits per heavy atom. The molecule has 1 amide bonds. The zero-order valence-electron chi connectivity index (χ0n) is 17.7. The van der Waals surface area contributed by atoms with E-state index in [1.165, 1.54) is 34.8 Å². The first-order valence-corrected chi connectivity index (χ1v) is 11.0. The molecule has 0 radical (unpaired) electrons. The predicted molar refractivity (Wildman–Crippen MR) is 124 cm³/mol. The summed E-state index contributed by atoms with van der Waals surface area (Å²) >= 11 is 0. The van der Waals surface area contributed by atoms with Crippen LogP contribution in [-0.2, 0) is 12.8 Å². The first-order valence-electron chi connectivity index (χ1n) is 11.0. The van der Waals surface area contributed by atoms with E-state index in [4.69, 9.17) is 4.98 Å². The second-order valence-electron chi connectivity index (χ2n) is 7.95. The molecule has 0 spiro atoms. The normalized spacial score (nSPS) is 13.0. The van der Waals surface area contributed by atoms with E-state index >= 15 is 0 Å². The second-order valence-corrected chi connectivity index (χ2v) is 7.95. The molecule has 1 aliphatic rings. The van der Waals surface area contributed by atoms with Crippen molar-refractivity contribution in [2.45, 2.75) is 25.7 Å². The number of hydrogen-bond acceptors (Lipinski definition) is 5. The van der Waals surface area contributed by atoms with E-state index in [9.17, 15) is 9.90 Å². The van der Waals surface area contributed by atoms with Crippen LogP contribution in [0.3, 0.4) is 0 Å². The van der Waals surface area contributed by atoms with Crippen molar-refractivity contribution < 1.29 is 9.90 Å². The van der Waals surface area contributed by atoms with Gasteiger partial charge in [-0.1, -0.05) is 36.4 Å². The molecule has 0 atom stereocenters. The molecule has 0 aliphatic heterocycles. The molecule has 0 fully saturated rings. The maximum atomic E-state index is 12.6. The standard InChI is InChI=1S/C25H25N5O2/c31-23-16-22(29-30(23)17-8-2-1-3-9-17)25(32)27-15-14-26-24-18-10-4-6-12-20(18)28-21-13-7-5-11-19(21)24/h1-4,6,8-10,12,16,31H,5,7,11,13-15H2,(H,26,28)(H,27,32). The minimum Gasteiger partial charge on any atom is -0.493 e. The van der Waals surface area contributed by atoms with Crippen LogP contribution in [0.25, 0.3) is 16.6 Å². The van der Waals surface area contributed by atoms with E-state index in [2.05, 4.69) is 21.8 Å². The zero-order valence-corrected chi connectivity index (χ0v) is 17.7. The number of aromatic hydroxyl groups is 1. The summed E-state index contributed by atoms with van der Waals surface area (Å²) in [7, 11) is 0. The van der Waals surface area contributed by atoms with Crippen molar-refractivity contribution in [1.29, 1.82) is 0 Å². The van der Waals surface area contributed by atoms with Crippen LogP contribution in [0, 0.1) is 0 Å². The minimum absolute atomic E-state index is 0.0747.